The SMILES string of the molecule is CC(C)(C)OC(=O)N1CC2CN(Cc3ccccc3Cl)CC2C1. The number of amides is 1. The molecule has 0 aromatic heterocycles. The van der Waals surface area contributed by atoms with Gasteiger partial charge in [0.15, 0.2) is 0 Å². The Kier molecular flexibility index (Phi) is 4.56. The molecule has 2 aliphatic heterocycles. The molecule has 2 atom stereocenters. The molecule has 3 rings (SSSR count). The van der Waals surface area contributed by atoms with Crippen molar-refractivity contribution in [1.29, 1.82) is 0 Å². The lowest BCUT2D eigenvalue weighted by molar-refractivity contribution is 0.0274. The molecular formula is C18H25ClN2O2. The fourth-order valence-electron chi connectivity index (χ4n) is 3.56. The van der Waals surface area contributed by atoms with E-state index in [1.54, 1.807) is 0 Å². The fourth-order valence-corrected chi connectivity index (χ4v) is 3.76. The topological polar surface area (TPSA) is 32.8 Å². The van der Waals surface area contributed by atoms with Gasteiger partial charge in [-0.25, -0.2) is 4.79 Å². The van der Waals surface area contributed by atoms with E-state index in [-0.39, 0.29) is 6.09 Å². The van der Waals surface area contributed by atoms with E-state index < -0.39 is 5.60 Å². The normalized spacial score (nSPS) is 24.8. The van der Waals surface area contributed by atoms with Crippen molar-refractivity contribution in [3.8, 4) is 0 Å². The maximum absolute atomic E-state index is 12.2. The molecule has 5 heteroatoms. The smallest absolute Gasteiger partial charge is 0.410 e. The highest BCUT2D eigenvalue weighted by Gasteiger charge is 2.42. The molecule has 2 aliphatic rings. The Morgan fingerprint density at radius 2 is 1.78 bits per heavy atom. The van der Waals surface area contributed by atoms with Gasteiger partial charge in [0.1, 0.15) is 5.60 Å². The summed E-state index contributed by atoms with van der Waals surface area (Å²) in [6, 6.07) is 8.02. The van der Waals surface area contributed by atoms with Gasteiger partial charge >= 0.3 is 6.09 Å². The van der Waals surface area contributed by atoms with Crippen LogP contribution in [0.25, 0.3) is 0 Å². The second kappa shape index (κ2) is 6.33. The van der Waals surface area contributed by atoms with E-state index in [1.807, 2.05) is 43.9 Å². The molecule has 2 fully saturated rings. The Hall–Kier alpha value is -1.26. The summed E-state index contributed by atoms with van der Waals surface area (Å²) >= 11 is 6.25. The van der Waals surface area contributed by atoms with Gasteiger partial charge < -0.3 is 9.64 Å². The van der Waals surface area contributed by atoms with Gasteiger partial charge in [-0.15, -0.1) is 0 Å². The van der Waals surface area contributed by atoms with E-state index >= 15 is 0 Å². The number of carbonyl (C=O) groups excluding carboxylic acids is 1. The molecule has 0 aliphatic carbocycles. The molecule has 2 saturated heterocycles. The van der Waals surface area contributed by atoms with Gasteiger partial charge in [0.25, 0.3) is 0 Å². The van der Waals surface area contributed by atoms with Crippen LogP contribution in [-0.4, -0.2) is 47.7 Å². The molecule has 4 nitrogen and oxygen atoms in total. The van der Waals surface area contributed by atoms with Crippen LogP contribution in [0, 0.1) is 11.8 Å². The first kappa shape index (κ1) is 16.6. The number of halogens is 1. The largest absolute Gasteiger partial charge is 0.444 e. The first-order valence-electron chi connectivity index (χ1n) is 8.25. The fraction of sp³-hybridized carbons (Fsp3) is 0.611. The van der Waals surface area contributed by atoms with Crippen LogP contribution in [0.3, 0.4) is 0 Å². The van der Waals surface area contributed by atoms with Gasteiger partial charge in [-0.05, 0) is 44.2 Å². The Bertz CT molecular complexity index is 571. The molecule has 23 heavy (non-hydrogen) atoms. The molecule has 0 bridgehead atoms. The van der Waals surface area contributed by atoms with Crippen molar-refractivity contribution < 1.29 is 9.53 Å². The van der Waals surface area contributed by atoms with Gasteiger partial charge in [0, 0.05) is 37.7 Å². The summed E-state index contributed by atoms with van der Waals surface area (Å²) in [4.78, 5) is 16.5. The summed E-state index contributed by atoms with van der Waals surface area (Å²) in [5.74, 6) is 1.09. The van der Waals surface area contributed by atoms with E-state index in [2.05, 4.69) is 11.0 Å². The lowest BCUT2D eigenvalue weighted by atomic mass is 10.0. The quantitative estimate of drug-likeness (QED) is 0.826. The van der Waals surface area contributed by atoms with Gasteiger partial charge in [0.2, 0.25) is 0 Å². The van der Waals surface area contributed by atoms with E-state index in [9.17, 15) is 4.79 Å². The van der Waals surface area contributed by atoms with Gasteiger partial charge in [-0.3, -0.25) is 4.90 Å². The summed E-state index contributed by atoms with van der Waals surface area (Å²) in [5.41, 5.74) is 0.753. The molecule has 2 heterocycles. The number of fused-ring (bicyclic) bond motifs is 1. The van der Waals surface area contributed by atoms with Crippen molar-refractivity contribution in [2.45, 2.75) is 32.9 Å². The zero-order chi connectivity index (χ0) is 16.6. The van der Waals surface area contributed by atoms with Gasteiger partial charge in [0.05, 0.1) is 0 Å². The lowest BCUT2D eigenvalue weighted by Crippen LogP contribution is -2.37. The first-order chi connectivity index (χ1) is 10.8. The van der Waals surface area contributed by atoms with Crippen LogP contribution in [0.1, 0.15) is 26.3 Å². The van der Waals surface area contributed by atoms with Crippen molar-refractivity contribution >= 4 is 17.7 Å². The van der Waals surface area contributed by atoms with Crippen molar-refractivity contribution in [2.24, 2.45) is 11.8 Å². The van der Waals surface area contributed by atoms with Gasteiger partial charge in [-0.1, -0.05) is 29.8 Å². The highest BCUT2D eigenvalue weighted by Crippen LogP contribution is 2.33. The molecule has 0 N–H and O–H groups in total. The van der Waals surface area contributed by atoms with Crippen molar-refractivity contribution in [2.75, 3.05) is 26.2 Å². The predicted molar refractivity (Wildman–Crippen MR) is 91.5 cm³/mol. The highest BCUT2D eigenvalue weighted by molar-refractivity contribution is 6.31. The van der Waals surface area contributed by atoms with E-state index in [4.69, 9.17) is 16.3 Å². The summed E-state index contributed by atoms with van der Waals surface area (Å²) in [7, 11) is 0. The Labute approximate surface area is 143 Å². The number of carbonyl (C=O) groups is 1. The molecule has 1 amide bonds. The van der Waals surface area contributed by atoms with Crippen molar-refractivity contribution in [1.82, 2.24) is 9.80 Å². The number of benzene rings is 1. The average molecular weight is 337 g/mol. The van der Waals surface area contributed by atoms with Crippen LogP contribution >= 0.6 is 11.6 Å². The first-order valence-corrected chi connectivity index (χ1v) is 8.63. The molecule has 2 unspecified atom stereocenters. The predicted octanol–water partition coefficient (Wildman–Crippen LogP) is 3.64. The molecule has 0 radical (unpaired) electrons. The Morgan fingerprint density at radius 3 is 2.35 bits per heavy atom. The van der Waals surface area contributed by atoms with Crippen molar-refractivity contribution in [3.63, 3.8) is 0 Å². The van der Waals surface area contributed by atoms with Crippen LogP contribution in [-0.2, 0) is 11.3 Å². The maximum Gasteiger partial charge on any atom is 0.410 e. The van der Waals surface area contributed by atoms with Crippen molar-refractivity contribution in [3.05, 3.63) is 34.9 Å². The molecule has 0 spiro atoms. The highest BCUT2D eigenvalue weighted by atomic mass is 35.5. The number of ether oxygens (including phenoxy) is 1. The molecule has 1 aromatic rings. The van der Waals surface area contributed by atoms with Crippen LogP contribution in [0.4, 0.5) is 4.79 Å². The monoisotopic (exact) mass is 336 g/mol. The number of rotatable bonds is 2. The lowest BCUT2D eigenvalue weighted by Gasteiger charge is -2.26. The summed E-state index contributed by atoms with van der Waals surface area (Å²) in [6.07, 6.45) is -0.176. The summed E-state index contributed by atoms with van der Waals surface area (Å²) in [5, 5.41) is 0.833. The Balaban J connectivity index is 1.54. The van der Waals surface area contributed by atoms with Crippen LogP contribution in [0.5, 0.6) is 0 Å². The molecule has 1 aromatic carbocycles. The van der Waals surface area contributed by atoms with Crippen LogP contribution in [0.2, 0.25) is 5.02 Å². The second-order valence-corrected chi connectivity index (χ2v) is 8.10. The van der Waals surface area contributed by atoms with Gasteiger partial charge in [-0.2, -0.15) is 0 Å². The second-order valence-electron chi connectivity index (χ2n) is 7.69. The third kappa shape index (κ3) is 3.99. The van der Waals surface area contributed by atoms with E-state index in [0.717, 1.165) is 37.7 Å². The summed E-state index contributed by atoms with van der Waals surface area (Å²) in [6.45, 7) is 10.3. The standard InChI is InChI=1S/C18H25ClN2O2/c1-18(2,3)23-17(22)21-11-14-9-20(10-15(14)12-21)8-13-6-4-5-7-16(13)19/h4-7,14-15H,8-12H2,1-3H3. The third-order valence-corrected chi connectivity index (χ3v) is 4.93. The average Bonchev–Trinajstić information content (AvgIpc) is 2.97. The minimum Gasteiger partial charge on any atom is -0.444 e. The zero-order valence-electron chi connectivity index (χ0n) is 14.1. The maximum atomic E-state index is 12.2. The minimum absolute atomic E-state index is 0.176. The third-order valence-electron chi connectivity index (χ3n) is 4.57. The minimum atomic E-state index is -0.426. The van der Waals surface area contributed by atoms with Crippen LogP contribution in [0.15, 0.2) is 24.3 Å². The molecular weight excluding hydrogens is 312 g/mol. The summed E-state index contributed by atoms with van der Waals surface area (Å²) < 4.78 is 5.48. The Morgan fingerprint density at radius 1 is 1.17 bits per heavy atom. The number of nitrogens with zero attached hydrogens (tertiary/aromatic N) is 2. The number of hydrogen-bond acceptors (Lipinski definition) is 3. The number of likely N-dealkylation sites (tertiary alicyclic amines) is 2. The van der Waals surface area contributed by atoms with E-state index in [1.165, 1.54) is 5.56 Å². The van der Waals surface area contributed by atoms with Crippen LogP contribution < -0.4 is 0 Å². The zero-order valence-corrected chi connectivity index (χ0v) is 14.8. The number of hydrogen-bond donors (Lipinski definition) is 0. The molecule has 126 valence electrons. The molecule has 0 saturated carbocycles. The van der Waals surface area contributed by atoms with E-state index in [0.29, 0.717) is 11.8 Å².